The lowest BCUT2D eigenvalue weighted by Crippen LogP contribution is -1.82. The van der Waals surface area contributed by atoms with Crippen molar-refractivity contribution in [1.29, 1.82) is 0 Å². The number of hydrogen-bond acceptors (Lipinski definition) is 3. The van der Waals surface area contributed by atoms with Crippen molar-refractivity contribution in [2.24, 2.45) is 0 Å². The van der Waals surface area contributed by atoms with Gasteiger partial charge in [-0.1, -0.05) is 36.1 Å². The average molecular weight is 310 g/mol. The van der Waals surface area contributed by atoms with Crippen LogP contribution in [0.1, 0.15) is 16.7 Å². The summed E-state index contributed by atoms with van der Waals surface area (Å²) in [6.07, 6.45) is 4.89. The fraction of sp³-hybridized carbons (Fsp3) is 0.0500. The van der Waals surface area contributed by atoms with Crippen LogP contribution < -0.4 is 0 Å². The molecule has 24 heavy (non-hydrogen) atoms. The molecule has 2 aromatic heterocycles. The molecule has 0 radical (unpaired) electrons. The lowest BCUT2D eigenvalue weighted by Gasteiger charge is -1.96. The highest BCUT2D eigenvalue weighted by molar-refractivity contribution is 5.82. The fourth-order valence-electron chi connectivity index (χ4n) is 2.53. The van der Waals surface area contributed by atoms with Gasteiger partial charge in [-0.15, -0.1) is 0 Å². The molecule has 0 atom stereocenters. The van der Waals surface area contributed by atoms with Gasteiger partial charge in [0.2, 0.25) is 0 Å². The Morgan fingerprint density at radius 3 is 2.38 bits per heavy atom. The second-order valence-corrected chi connectivity index (χ2v) is 5.51. The van der Waals surface area contributed by atoms with Gasteiger partial charge in [0.05, 0.1) is 16.6 Å². The van der Waals surface area contributed by atoms with E-state index in [1.54, 1.807) is 12.4 Å². The van der Waals surface area contributed by atoms with Crippen LogP contribution in [0.5, 0.6) is 0 Å². The smallest absolute Gasteiger partial charge is 0.138 e. The van der Waals surface area contributed by atoms with Crippen molar-refractivity contribution in [3.05, 3.63) is 77.9 Å². The standard InChI is InChI=1S/C20H14N4/c1-14-3-2-4-18-19(14)24-20(23-18)17-9-7-15(8-10-17)5-6-16-11-21-13-22-12-16/h2-4,7-13H,1H3,(H,23,24). The van der Waals surface area contributed by atoms with Crippen molar-refractivity contribution in [2.45, 2.75) is 6.92 Å². The lowest BCUT2D eigenvalue weighted by atomic mass is 10.1. The Kier molecular flexibility index (Phi) is 3.53. The Hall–Kier alpha value is -3.45. The molecule has 2 aromatic carbocycles. The fourth-order valence-corrected chi connectivity index (χ4v) is 2.53. The predicted molar refractivity (Wildman–Crippen MR) is 94.3 cm³/mol. The van der Waals surface area contributed by atoms with Gasteiger partial charge in [-0.3, -0.25) is 0 Å². The molecule has 0 saturated heterocycles. The zero-order chi connectivity index (χ0) is 16.4. The summed E-state index contributed by atoms with van der Waals surface area (Å²) in [5.74, 6) is 7.04. The number of H-pyrrole nitrogens is 1. The van der Waals surface area contributed by atoms with Crippen LogP contribution >= 0.6 is 0 Å². The largest absolute Gasteiger partial charge is 0.338 e. The maximum atomic E-state index is 4.70. The van der Waals surface area contributed by atoms with Crippen molar-refractivity contribution >= 4 is 11.0 Å². The molecule has 0 aliphatic heterocycles. The van der Waals surface area contributed by atoms with Gasteiger partial charge in [0.1, 0.15) is 12.2 Å². The summed E-state index contributed by atoms with van der Waals surface area (Å²) >= 11 is 0. The van der Waals surface area contributed by atoms with E-state index in [9.17, 15) is 0 Å². The summed E-state index contributed by atoms with van der Waals surface area (Å²) in [6, 6.07) is 14.2. The van der Waals surface area contributed by atoms with Crippen LogP contribution in [0, 0.1) is 18.8 Å². The number of imidazole rings is 1. The molecule has 2 heterocycles. The van der Waals surface area contributed by atoms with Gasteiger partial charge in [0.25, 0.3) is 0 Å². The number of nitrogens with one attached hydrogen (secondary N) is 1. The summed E-state index contributed by atoms with van der Waals surface area (Å²) in [6.45, 7) is 2.07. The number of hydrogen-bond donors (Lipinski definition) is 1. The Morgan fingerprint density at radius 1 is 0.875 bits per heavy atom. The van der Waals surface area contributed by atoms with Gasteiger partial charge in [0, 0.05) is 23.5 Å². The Balaban J connectivity index is 1.64. The summed E-state index contributed by atoms with van der Waals surface area (Å²) < 4.78 is 0. The van der Waals surface area contributed by atoms with Gasteiger partial charge in [0.15, 0.2) is 0 Å². The van der Waals surface area contributed by atoms with Gasteiger partial charge >= 0.3 is 0 Å². The SMILES string of the molecule is Cc1cccc2[nH]c(-c3ccc(C#Cc4cncnc4)cc3)nc12. The van der Waals surface area contributed by atoms with Crippen LogP contribution in [-0.2, 0) is 0 Å². The summed E-state index contributed by atoms with van der Waals surface area (Å²) in [5.41, 5.74) is 6.02. The zero-order valence-electron chi connectivity index (χ0n) is 13.1. The van der Waals surface area contributed by atoms with Crippen LogP contribution in [0.3, 0.4) is 0 Å². The van der Waals surface area contributed by atoms with Crippen LogP contribution in [0.2, 0.25) is 0 Å². The van der Waals surface area contributed by atoms with Crippen LogP contribution in [-0.4, -0.2) is 19.9 Å². The van der Waals surface area contributed by atoms with Crippen LogP contribution in [0.15, 0.2) is 61.2 Å². The number of rotatable bonds is 1. The maximum Gasteiger partial charge on any atom is 0.138 e. The zero-order valence-corrected chi connectivity index (χ0v) is 13.1. The minimum atomic E-state index is 0.800. The average Bonchev–Trinajstić information content (AvgIpc) is 3.07. The van der Waals surface area contributed by atoms with E-state index in [-0.39, 0.29) is 0 Å². The third-order valence-corrected chi connectivity index (χ3v) is 3.78. The van der Waals surface area contributed by atoms with E-state index < -0.39 is 0 Å². The van der Waals surface area contributed by atoms with Gasteiger partial charge in [-0.25, -0.2) is 15.0 Å². The number of aryl methyl sites for hydroxylation is 1. The molecule has 0 aliphatic carbocycles. The Morgan fingerprint density at radius 2 is 1.62 bits per heavy atom. The molecule has 0 unspecified atom stereocenters. The van der Waals surface area contributed by atoms with Gasteiger partial charge in [-0.05, 0) is 30.7 Å². The van der Waals surface area contributed by atoms with E-state index in [1.807, 2.05) is 36.4 Å². The molecule has 4 nitrogen and oxygen atoms in total. The first-order valence-corrected chi connectivity index (χ1v) is 7.62. The normalized spacial score (nSPS) is 10.4. The minimum absolute atomic E-state index is 0.800. The van der Waals surface area contributed by atoms with Crippen molar-refractivity contribution in [3.8, 4) is 23.2 Å². The third kappa shape index (κ3) is 2.75. The molecule has 114 valence electrons. The first kappa shape index (κ1) is 14.2. The Labute approximate surface area is 139 Å². The van der Waals surface area contributed by atoms with Crippen LogP contribution in [0.25, 0.3) is 22.4 Å². The molecule has 0 fully saturated rings. The first-order valence-electron chi connectivity index (χ1n) is 7.62. The van der Waals surface area contributed by atoms with E-state index in [1.165, 1.54) is 11.9 Å². The monoisotopic (exact) mass is 310 g/mol. The molecular formula is C20H14N4. The van der Waals surface area contributed by atoms with E-state index in [4.69, 9.17) is 4.98 Å². The lowest BCUT2D eigenvalue weighted by molar-refractivity contribution is 1.16. The number of aromatic amines is 1. The molecule has 1 N–H and O–H groups in total. The van der Waals surface area contributed by atoms with Crippen molar-refractivity contribution in [2.75, 3.05) is 0 Å². The molecule has 4 aromatic rings. The van der Waals surface area contributed by atoms with E-state index in [0.717, 1.165) is 33.5 Å². The number of nitrogens with zero attached hydrogens (tertiary/aromatic N) is 3. The maximum absolute atomic E-state index is 4.70. The second kappa shape index (κ2) is 5.98. The second-order valence-electron chi connectivity index (χ2n) is 5.51. The molecular weight excluding hydrogens is 296 g/mol. The van der Waals surface area contributed by atoms with E-state index >= 15 is 0 Å². The number of fused-ring (bicyclic) bond motifs is 1. The van der Waals surface area contributed by atoms with E-state index in [2.05, 4.69) is 39.8 Å². The molecule has 0 saturated carbocycles. The highest BCUT2D eigenvalue weighted by Gasteiger charge is 2.06. The quantitative estimate of drug-likeness (QED) is 0.545. The minimum Gasteiger partial charge on any atom is -0.338 e. The van der Waals surface area contributed by atoms with Crippen molar-refractivity contribution < 1.29 is 0 Å². The molecule has 0 amide bonds. The van der Waals surface area contributed by atoms with Crippen LogP contribution in [0.4, 0.5) is 0 Å². The van der Waals surface area contributed by atoms with Crippen molar-refractivity contribution in [1.82, 2.24) is 19.9 Å². The van der Waals surface area contributed by atoms with Gasteiger partial charge in [-0.2, -0.15) is 0 Å². The number of benzene rings is 2. The topological polar surface area (TPSA) is 54.5 Å². The molecule has 0 spiro atoms. The predicted octanol–water partition coefficient (Wildman–Crippen LogP) is 3.73. The van der Waals surface area contributed by atoms with Crippen molar-refractivity contribution in [3.63, 3.8) is 0 Å². The van der Waals surface area contributed by atoms with Gasteiger partial charge < -0.3 is 4.98 Å². The summed E-state index contributed by atoms with van der Waals surface area (Å²) in [7, 11) is 0. The van der Waals surface area contributed by atoms with E-state index in [0.29, 0.717) is 0 Å². The first-order chi connectivity index (χ1) is 11.8. The highest BCUT2D eigenvalue weighted by atomic mass is 14.9. The summed E-state index contributed by atoms with van der Waals surface area (Å²) in [4.78, 5) is 16.0. The number of aromatic nitrogens is 4. The molecule has 4 heteroatoms. The molecule has 0 aliphatic rings. The summed E-state index contributed by atoms with van der Waals surface area (Å²) in [5, 5.41) is 0. The number of para-hydroxylation sites is 1. The highest BCUT2D eigenvalue weighted by Crippen LogP contribution is 2.22. The molecule has 4 rings (SSSR count). The third-order valence-electron chi connectivity index (χ3n) is 3.78. The molecule has 0 bridgehead atoms. The Bertz CT molecular complexity index is 1050.